The molecule has 124 valence electrons. The molecule has 1 atom stereocenters. The second-order valence-electron chi connectivity index (χ2n) is 5.12. The molecule has 0 bridgehead atoms. The van der Waals surface area contributed by atoms with Crippen molar-refractivity contribution >= 4 is 40.9 Å². The van der Waals surface area contributed by atoms with Gasteiger partial charge in [0, 0.05) is 30.2 Å². The summed E-state index contributed by atoms with van der Waals surface area (Å²) in [6, 6.07) is 3.64. The molecular weight excluding hydrogens is 344 g/mol. The number of aliphatic carboxylic acids is 1. The maximum atomic E-state index is 12.5. The van der Waals surface area contributed by atoms with Crippen LogP contribution in [-0.2, 0) is 16.0 Å². The fourth-order valence-electron chi connectivity index (χ4n) is 2.41. The van der Waals surface area contributed by atoms with Gasteiger partial charge in [0.2, 0.25) is 5.91 Å². The average Bonchev–Trinajstić information content (AvgIpc) is 2.49. The minimum atomic E-state index is -0.941. The number of nitro benzene ring substituents is 1. The summed E-state index contributed by atoms with van der Waals surface area (Å²) in [5.74, 6) is 0.193. The smallest absolute Gasteiger partial charge is 0.305 e. The lowest BCUT2D eigenvalue weighted by molar-refractivity contribution is -0.384. The van der Waals surface area contributed by atoms with E-state index in [9.17, 15) is 19.7 Å². The van der Waals surface area contributed by atoms with Gasteiger partial charge in [-0.3, -0.25) is 19.7 Å². The molecule has 1 N–H and O–H groups in total. The summed E-state index contributed by atoms with van der Waals surface area (Å²) in [5, 5.41) is 19.8. The molecule has 1 aliphatic rings. The van der Waals surface area contributed by atoms with E-state index in [1.54, 1.807) is 16.7 Å². The Morgan fingerprint density at radius 3 is 2.83 bits per heavy atom. The predicted octanol–water partition coefficient (Wildman–Crippen LogP) is 2.21. The van der Waals surface area contributed by atoms with Crippen LogP contribution in [0.2, 0.25) is 5.02 Å². The van der Waals surface area contributed by atoms with Crippen LogP contribution in [0.1, 0.15) is 12.0 Å². The zero-order valence-corrected chi connectivity index (χ0v) is 13.7. The third kappa shape index (κ3) is 4.59. The van der Waals surface area contributed by atoms with Crippen molar-refractivity contribution in [3.8, 4) is 0 Å². The Kier molecular flexibility index (Phi) is 5.84. The number of halogens is 1. The first kappa shape index (κ1) is 17.6. The molecule has 0 spiro atoms. The van der Waals surface area contributed by atoms with Gasteiger partial charge in [-0.2, -0.15) is 11.8 Å². The Labute approximate surface area is 141 Å². The van der Waals surface area contributed by atoms with E-state index in [2.05, 4.69) is 0 Å². The molecule has 1 aliphatic heterocycles. The van der Waals surface area contributed by atoms with Gasteiger partial charge in [-0.05, 0) is 5.56 Å². The van der Waals surface area contributed by atoms with Crippen molar-refractivity contribution in [2.24, 2.45) is 0 Å². The topological polar surface area (TPSA) is 101 Å². The summed E-state index contributed by atoms with van der Waals surface area (Å²) in [7, 11) is 0. The number of hydrogen-bond acceptors (Lipinski definition) is 5. The monoisotopic (exact) mass is 358 g/mol. The molecule has 1 saturated heterocycles. The summed E-state index contributed by atoms with van der Waals surface area (Å²) in [6.45, 7) is 0.492. The van der Waals surface area contributed by atoms with E-state index in [1.807, 2.05) is 0 Å². The summed E-state index contributed by atoms with van der Waals surface area (Å²) >= 11 is 7.63. The highest BCUT2D eigenvalue weighted by Gasteiger charge is 2.29. The van der Waals surface area contributed by atoms with Crippen molar-refractivity contribution in [3.05, 3.63) is 38.9 Å². The lowest BCUT2D eigenvalue weighted by Crippen LogP contribution is -2.47. The highest BCUT2D eigenvalue weighted by atomic mass is 35.5. The lowest BCUT2D eigenvalue weighted by atomic mass is 10.1. The summed E-state index contributed by atoms with van der Waals surface area (Å²) in [5.41, 5.74) is 0.360. The van der Waals surface area contributed by atoms with Crippen LogP contribution in [-0.4, -0.2) is 50.9 Å². The van der Waals surface area contributed by atoms with Gasteiger partial charge in [0.1, 0.15) is 0 Å². The van der Waals surface area contributed by atoms with Crippen molar-refractivity contribution in [2.45, 2.75) is 18.9 Å². The molecular formula is C14H15ClN2O5S. The quantitative estimate of drug-likeness (QED) is 0.639. The fourth-order valence-corrected chi connectivity index (χ4v) is 3.72. The van der Waals surface area contributed by atoms with E-state index in [1.165, 1.54) is 18.2 Å². The second-order valence-corrected chi connectivity index (χ2v) is 6.68. The highest BCUT2D eigenvalue weighted by Crippen LogP contribution is 2.25. The number of carbonyl (C=O) groups excluding carboxylic acids is 1. The number of amides is 1. The maximum absolute atomic E-state index is 12.5. The number of rotatable bonds is 5. The van der Waals surface area contributed by atoms with Crippen molar-refractivity contribution in [1.82, 2.24) is 4.90 Å². The van der Waals surface area contributed by atoms with Crippen LogP contribution in [0, 0.1) is 10.1 Å². The number of nitrogens with zero attached hydrogens (tertiary/aromatic N) is 2. The van der Waals surface area contributed by atoms with E-state index < -0.39 is 10.9 Å². The highest BCUT2D eigenvalue weighted by molar-refractivity contribution is 7.99. The third-order valence-corrected chi connectivity index (χ3v) is 4.99. The number of hydrogen-bond donors (Lipinski definition) is 1. The first-order chi connectivity index (χ1) is 10.9. The number of carbonyl (C=O) groups is 2. The standard InChI is InChI=1S/C14H15ClN2O5S/c15-12-6-10(17(21)22)2-1-9(12)5-13(18)16-3-4-23-8-11(16)7-14(19)20/h1-2,6,11H,3-5,7-8H2,(H,19,20). The Morgan fingerprint density at radius 1 is 1.48 bits per heavy atom. The molecule has 0 saturated carbocycles. The van der Waals surface area contributed by atoms with Crippen molar-refractivity contribution in [2.75, 3.05) is 18.1 Å². The van der Waals surface area contributed by atoms with Gasteiger partial charge in [0.15, 0.2) is 0 Å². The van der Waals surface area contributed by atoms with Crippen LogP contribution in [0.25, 0.3) is 0 Å². The molecule has 9 heteroatoms. The van der Waals surface area contributed by atoms with Crippen molar-refractivity contribution < 1.29 is 19.6 Å². The molecule has 23 heavy (non-hydrogen) atoms. The number of nitro groups is 1. The molecule has 1 heterocycles. The number of benzene rings is 1. The van der Waals surface area contributed by atoms with E-state index >= 15 is 0 Å². The zero-order valence-electron chi connectivity index (χ0n) is 12.1. The molecule has 1 aromatic carbocycles. The first-order valence-electron chi connectivity index (χ1n) is 6.90. The molecule has 1 aromatic rings. The SMILES string of the molecule is O=C(O)CC1CSCCN1C(=O)Cc1ccc([N+](=O)[O-])cc1Cl. The first-order valence-corrected chi connectivity index (χ1v) is 8.43. The van der Waals surface area contributed by atoms with Gasteiger partial charge in [-0.25, -0.2) is 0 Å². The maximum Gasteiger partial charge on any atom is 0.305 e. The second kappa shape index (κ2) is 7.65. The van der Waals surface area contributed by atoms with Gasteiger partial charge >= 0.3 is 5.97 Å². The van der Waals surface area contributed by atoms with E-state index in [0.717, 1.165) is 5.75 Å². The summed E-state index contributed by atoms with van der Waals surface area (Å²) in [4.78, 5) is 35.1. The van der Waals surface area contributed by atoms with Crippen molar-refractivity contribution in [1.29, 1.82) is 0 Å². The lowest BCUT2D eigenvalue weighted by Gasteiger charge is -2.34. The third-order valence-electron chi connectivity index (χ3n) is 3.55. The molecule has 2 rings (SSSR count). The molecule has 0 aromatic heterocycles. The van der Waals surface area contributed by atoms with Gasteiger partial charge < -0.3 is 10.0 Å². The van der Waals surface area contributed by atoms with Gasteiger partial charge in [0.25, 0.3) is 5.69 Å². The normalized spacial score (nSPS) is 17.8. The molecule has 1 unspecified atom stereocenters. The average molecular weight is 359 g/mol. The van der Waals surface area contributed by atoms with Crippen LogP contribution < -0.4 is 0 Å². The largest absolute Gasteiger partial charge is 0.481 e. The van der Waals surface area contributed by atoms with Crippen LogP contribution >= 0.6 is 23.4 Å². The van der Waals surface area contributed by atoms with Gasteiger partial charge in [0.05, 0.1) is 28.8 Å². The molecule has 0 aliphatic carbocycles. The van der Waals surface area contributed by atoms with E-state index in [-0.39, 0.29) is 35.5 Å². The number of carboxylic acid groups (broad SMARTS) is 1. The Balaban J connectivity index is 2.10. The van der Waals surface area contributed by atoms with Gasteiger partial charge in [-0.1, -0.05) is 17.7 Å². The number of carboxylic acids is 1. The fraction of sp³-hybridized carbons (Fsp3) is 0.429. The summed E-state index contributed by atoms with van der Waals surface area (Å²) < 4.78 is 0. The van der Waals surface area contributed by atoms with Gasteiger partial charge in [-0.15, -0.1) is 0 Å². The predicted molar refractivity (Wildman–Crippen MR) is 86.9 cm³/mol. The van der Waals surface area contributed by atoms with Crippen LogP contribution in [0.3, 0.4) is 0 Å². The molecule has 0 radical (unpaired) electrons. The number of non-ortho nitro benzene ring substituents is 1. The van der Waals surface area contributed by atoms with Crippen LogP contribution in [0.4, 0.5) is 5.69 Å². The minimum Gasteiger partial charge on any atom is -0.481 e. The van der Waals surface area contributed by atoms with Crippen molar-refractivity contribution in [3.63, 3.8) is 0 Å². The summed E-state index contributed by atoms with van der Waals surface area (Å²) in [6.07, 6.45) is -0.0929. The molecule has 1 fully saturated rings. The van der Waals surface area contributed by atoms with E-state index in [4.69, 9.17) is 16.7 Å². The molecule has 1 amide bonds. The Morgan fingerprint density at radius 2 is 2.22 bits per heavy atom. The van der Waals surface area contributed by atoms with E-state index in [0.29, 0.717) is 17.9 Å². The van der Waals surface area contributed by atoms with Crippen LogP contribution in [0.15, 0.2) is 18.2 Å². The zero-order chi connectivity index (χ0) is 17.0. The Hall–Kier alpha value is -1.80. The number of thioether (sulfide) groups is 1. The minimum absolute atomic E-state index is 0.00237. The molecule has 7 nitrogen and oxygen atoms in total. The van der Waals surface area contributed by atoms with Crippen LogP contribution in [0.5, 0.6) is 0 Å². The Bertz CT molecular complexity index is 640.